The van der Waals surface area contributed by atoms with Crippen molar-refractivity contribution in [3.05, 3.63) is 60.2 Å². The number of rotatable bonds is 4. The van der Waals surface area contributed by atoms with Crippen LogP contribution in [0.25, 0.3) is 0 Å². The maximum absolute atomic E-state index is 13.3. The monoisotopic (exact) mass is 415 g/mol. The molecule has 8 heteroatoms. The number of hydrogen-bond acceptors (Lipinski definition) is 4. The first kappa shape index (κ1) is 20.9. The van der Waals surface area contributed by atoms with Crippen molar-refractivity contribution in [2.45, 2.75) is 50.0 Å². The molecular formula is C21H25N3O4S. The second-order valence-electron chi connectivity index (χ2n) is 7.16. The lowest BCUT2D eigenvalue weighted by Gasteiger charge is -2.33. The molecule has 0 atom stereocenters. The minimum atomic E-state index is -4.09. The van der Waals surface area contributed by atoms with Crippen molar-refractivity contribution in [3.63, 3.8) is 0 Å². The minimum Gasteiger partial charge on any atom is -0.308 e. The highest BCUT2D eigenvalue weighted by molar-refractivity contribution is 7.89. The zero-order valence-electron chi connectivity index (χ0n) is 16.3. The zero-order valence-corrected chi connectivity index (χ0v) is 17.1. The quantitative estimate of drug-likeness (QED) is 0.780. The van der Waals surface area contributed by atoms with Gasteiger partial charge in [0.05, 0.1) is 10.9 Å². The molecule has 4 amide bonds. The Labute approximate surface area is 171 Å². The number of imide groups is 1. The molecule has 2 aromatic rings. The van der Waals surface area contributed by atoms with E-state index < -0.39 is 28.1 Å². The molecule has 2 N–H and O–H groups in total. The van der Waals surface area contributed by atoms with Gasteiger partial charge in [0.15, 0.2) is 0 Å². The molecule has 1 saturated carbocycles. The third-order valence-electron chi connectivity index (χ3n) is 4.94. The maximum atomic E-state index is 13.3. The summed E-state index contributed by atoms with van der Waals surface area (Å²) in [6, 6.07) is 12.8. The highest BCUT2D eigenvalue weighted by atomic mass is 32.2. The minimum absolute atomic E-state index is 0.0345. The van der Waals surface area contributed by atoms with Gasteiger partial charge >= 0.3 is 12.1 Å². The van der Waals surface area contributed by atoms with Crippen LogP contribution in [0.15, 0.2) is 59.5 Å². The number of sulfonamides is 1. The molecule has 1 aliphatic rings. The first-order valence-corrected chi connectivity index (χ1v) is 11.1. The Kier molecular flexibility index (Phi) is 6.53. The number of para-hydroxylation sites is 1. The van der Waals surface area contributed by atoms with E-state index in [9.17, 15) is 18.0 Å². The normalized spacial score (nSPS) is 14.8. The predicted octanol–water partition coefficient (Wildman–Crippen LogP) is 4.26. The van der Waals surface area contributed by atoms with E-state index in [2.05, 4.69) is 10.6 Å². The van der Waals surface area contributed by atoms with Crippen molar-refractivity contribution in [3.8, 4) is 0 Å². The van der Waals surface area contributed by atoms with Gasteiger partial charge in [0.2, 0.25) is 0 Å². The Bertz CT molecular complexity index is 953. The molecule has 0 aliphatic heterocycles. The summed E-state index contributed by atoms with van der Waals surface area (Å²) in [7, 11) is -4.09. The molecule has 1 aliphatic carbocycles. The number of aryl methyl sites for hydroxylation is 1. The van der Waals surface area contributed by atoms with Gasteiger partial charge in [0.1, 0.15) is 0 Å². The molecule has 0 aromatic heterocycles. The third kappa shape index (κ3) is 5.14. The smallest absolute Gasteiger partial charge is 0.308 e. The van der Waals surface area contributed by atoms with Crippen LogP contribution in [0.1, 0.15) is 37.7 Å². The Morgan fingerprint density at radius 2 is 1.55 bits per heavy atom. The molecular weight excluding hydrogens is 390 g/mol. The summed E-state index contributed by atoms with van der Waals surface area (Å²) in [6.45, 7) is 1.86. The number of carbonyl (C=O) groups excluding carboxylic acids is 2. The lowest BCUT2D eigenvalue weighted by molar-refractivity contribution is 0.199. The lowest BCUT2D eigenvalue weighted by atomic mass is 9.96. The molecule has 1 fully saturated rings. The predicted molar refractivity (Wildman–Crippen MR) is 111 cm³/mol. The van der Waals surface area contributed by atoms with Crippen LogP contribution >= 0.6 is 0 Å². The standard InChI is InChI=1S/C21H25N3O4S/c1-16-12-14-19(15-13-16)29(27,28)24(18-10-6-3-7-11-18)21(26)23-20(25)22-17-8-4-2-5-9-17/h2,4-5,8-9,12-15,18H,3,6-7,10-11H2,1H3,(H2,22,23,25,26). The fraction of sp³-hybridized carbons (Fsp3) is 0.333. The molecule has 0 heterocycles. The molecule has 7 nitrogen and oxygen atoms in total. The molecule has 154 valence electrons. The molecule has 0 unspecified atom stereocenters. The van der Waals surface area contributed by atoms with Crippen LogP contribution in [-0.2, 0) is 10.0 Å². The average molecular weight is 416 g/mol. The van der Waals surface area contributed by atoms with Crippen molar-refractivity contribution in [1.82, 2.24) is 9.62 Å². The van der Waals surface area contributed by atoms with Gasteiger partial charge in [0.25, 0.3) is 10.0 Å². The first-order valence-electron chi connectivity index (χ1n) is 9.66. The SMILES string of the molecule is Cc1ccc(S(=O)(=O)N(C(=O)NC(=O)Nc2ccccc2)C2CCCCC2)cc1. The van der Waals surface area contributed by atoms with Crippen LogP contribution < -0.4 is 10.6 Å². The number of hydrogen-bond donors (Lipinski definition) is 2. The van der Waals surface area contributed by atoms with Crippen molar-refractivity contribution < 1.29 is 18.0 Å². The topological polar surface area (TPSA) is 95.6 Å². The van der Waals surface area contributed by atoms with Gasteiger partial charge in [-0.2, -0.15) is 0 Å². The highest BCUT2D eigenvalue weighted by Crippen LogP contribution is 2.28. The Hall–Kier alpha value is -2.87. The number of urea groups is 2. The van der Waals surface area contributed by atoms with Crippen LogP contribution in [0.4, 0.5) is 15.3 Å². The summed E-state index contributed by atoms with van der Waals surface area (Å²) < 4.78 is 27.4. The molecule has 2 aromatic carbocycles. The molecule has 0 bridgehead atoms. The number of nitrogens with one attached hydrogen (secondary N) is 2. The lowest BCUT2D eigenvalue weighted by Crippen LogP contribution is -2.52. The maximum Gasteiger partial charge on any atom is 0.339 e. The largest absolute Gasteiger partial charge is 0.339 e. The van der Waals surface area contributed by atoms with Gasteiger partial charge in [-0.25, -0.2) is 22.3 Å². The highest BCUT2D eigenvalue weighted by Gasteiger charge is 2.37. The Morgan fingerprint density at radius 3 is 2.17 bits per heavy atom. The summed E-state index contributed by atoms with van der Waals surface area (Å²) in [6.07, 6.45) is 3.85. The average Bonchev–Trinajstić information content (AvgIpc) is 2.69. The van der Waals surface area contributed by atoms with E-state index in [1.54, 1.807) is 42.5 Å². The van der Waals surface area contributed by atoms with E-state index in [4.69, 9.17) is 0 Å². The number of benzene rings is 2. The fourth-order valence-electron chi connectivity index (χ4n) is 3.45. The van der Waals surface area contributed by atoms with Crippen LogP contribution in [0.2, 0.25) is 0 Å². The van der Waals surface area contributed by atoms with Crippen LogP contribution in [0.5, 0.6) is 0 Å². The van der Waals surface area contributed by atoms with Gasteiger partial charge in [-0.1, -0.05) is 55.2 Å². The molecule has 0 radical (unpaired) electrons. The molecule has 0 spiro atoms. The summed E-state index contributed by atoms with van der Waals surface area (Å²) in [4.78, 5) is 25.2. The van der Waals surface area contributed by atoms with Gasteiger partial charge in [-0.3, -0.25) is 5.32 Å². The van der Waals surface area contributed by atoms with Gasteiger partial charge in [0, 0.05) is 5.69 Å². The van der Waals surface area contributed by atoms with E-state index in [0.29, 0.717) is 18.5 Å². The van der Waals surface area contributed by atoms with E-state index >= 15 is 0 Å². The Balaban J connectivity index is 1.83. The van der Waals surface area contributed by atoms with E-state index in [1.807, 2.05) is 6.92 Å². The van der Waals surface area contributed by atoms with Crippen LogP contribution in [-0.4, -0.2) is 30.8 Å². The van der Waals surface area contributed by atoms with Crippen LogP contribution in [0, 0.1) is 6.92 Å². The zero-order chi connectivity index (χ0) is 20.9. The second kappa shape index (κ2) is 9.09. The van der Waals surface area contributed by atoms with E-state index in [0.717, 1.165) is 29.1 Å². The van der Waals surface area contributed by atoms with Crippen molar-refractivity contribution in [2.24, 2.45) is 0 Å². The summed E-state index contributed by atoms with van der Waals surface area (Å²) in [5.41, 5.74) is 1.42. The molecule has 29 heavy (non-hydrogen) atoms. The summed E-state index contributed by atoms with van der Waals surface area (Å²) in [5, 5.41) is 4.71. The second-order valence-corrected chi connectivity index (χ2v) is 8.97. The number of anilines is 1. The van der Waals surface area contributed by atoms with Crippen molar-refractivity contribution in [1.29, 1.82) is 0 Å². The van der Waals surface area contributed by atoms with Gasteiger partial charge < -0.3 is 5.32 Å². The summed E-state index contributed by atoms with van der Waals surface area (Å²) >= 11 is 0. The fourth-order valence-corrected chi connectivity index (χ4v) is 5.02. The van der Waals surface area contributed by atoms with Gasteiger partial charge in [-0.05, 0) is 44.0 Å². The molecule has 3 rings (SSSR count). The first-order chi connectivity index (χ1) is 13.9. The van der Waals surface area contributed by atoms with E-state index in [-0.39, 0.29) is 4.90 Å². The van der Waals surface area contributed by atoms with Crippen molar-refractivity contribution in [2.75, 3.05) is 5.32 Å². The van der Waals surface area contributed by atoms with Crippen LogP contribution in [0.3, 0.4) is 0 Å². The molecule has 0 saturated heterocycles. The number of nitrogens with zero attached hydrogens (tertiary/aromatic N) is 1. The number of carbonyl (C=O) groups is 2. The number of amides is 4. The Morgan fingerprint density at radius 1 is 0.931 bits per heavy atom. The van der Waals surface area contributed by atoms with E-state index in [1.165, 1.54) is 12.1 Å². The summed E-state index contributed by atoms with van der Waals surface area (Å²) in [5.74, 6) is 0. The van der Waals surface area contributed by atoms with Crippen molar-refractivity contribution >= 4 is 27.8 Å². The third-order valence-corrected chi connectivity index (χ3v) is 6.79. The van der Waals surface area contributed by atoms with Gasteiger partial charge in [-0.15, -0.1) is 0 Å².